The Balaban J connectivity index is 1.98. The van der Waals surface area contributed by atoms with Gasteiger partial charge in [-0.3, -0.25) is 4.79 Å². The van der Waals surface area contributed by atoms with Crippen molar-refractivity contribution in [2.45, 2.75) is 18.6 Å². The zero-order chi connectivity index (χ0) is 8.55. The number of hydrogen-bond acceptors (Lipinski definition) is 3. The molecule has 0 bridgehead atoms. The number of morpholine rings is 1. The van der Waals surface area contributed by atoms with Gasteiger partial charge in [0.1, 0.15) is 6.61 Å². The van der Waals surface area contributed by atoms with E-state index in [0.29, 0.717) is 0 Å². The number of carbonyl (C=O) groups excluding carboxylic acids is 1. The molecule has 2 aliphatic rings. The van der Waals surface area contributed by atoms with Crippen LogP contribution in [-0.4, -0.2) is 41.7 Å². The number of carbonyl (C=O) groups is 1. The molecule has 0 aromatic heterocycles. The van der Waals surface area contributed by atoms with E-state index in [1.165, 1.54) is 0 Å². The van der Waals surface area contributed by atoms with E-state index < -0.39 is 0 Å². The van der Waals surface area contributed by atoms with Gasteiger partial charge in [0.15, 0.2) is 0 Å². The van der Waals surface area contributed by atoms with Crippen molar-refractivity contribution in [2.24, 2.45) is 0 Å². The van der Waals surface area contributed by atoms with Gasteiger partial charge >= 0.3 is 0 Å². The van der Waals surface area contributed by atoms with E-state index in [9.17, 15) is 4.79 Å². The molecule has 5 heteroatoms. The summed E-state index contributed by atoms with van der Waals surface area (Å²) in [6.45, 7) is 2.03. The van der Waals surface area contributed by atoms with E-state index in [4.69, 9.17) is 4.74 Å². The van der Waals surface area contributed by atoms with E-state index in [1.54, 1.807) is 0 Å². The number of nitrogens with zero attached hydrogens (tertiary/aromatic N) is 1. The monoisotopic (exact) mass is 234 g/mol. The predicted octanol–water partition coefficient (Wildman–Crippen LogP) is -0.114. The molecule has 2 aliphatic heterocycles. The van der Waals surface area contributed by atoms with Gasteiger partial charge in [-0.2, -0.15) is 0 Å². The lowest BCUT2D eigenvalue weighted by Gasteiger charge is -2.38. The summed E-state index contributed by atoms with van der Waals surface area (Å²) in [6.07, 6.45) is 1.12. The van der Waals surface area contributed by atoms with Crippen molar-refractivity contribution in [3.05, 3.63) is 0 Å². The Labute approximate surface area is 79.6 Å². The molecule has 4 nitrogen and oxygen atoms in total. The third-order valence-electron chi connectivity index (χ3n) is 2.28. The molecule has 0 spiro atoms. The van der Waals surface area contributed by atoms with E-state index in [2.05, 4.69) is 21.5 Å². The normalized spacial score (nSPS) is 37.2. The molecule has 2 rings (SSSR count). The zero-order valence-corrected chi connectivity index (χ0v) is 8.21. The van der Waals surface area contributed by atoms with Gasteiger partial charge in [-0.05, 0) is 6.42 Å². The first kappa shape index (κ1) is 8.47. The summed E-state index contributed by atoms with van der Waals surface area (Å²) in [5.41, 5.74) is 0. The predicted molar refractivity (Wildman–Crippen MR) is 46.8 cm³/mol. The van der Waals surface area contributed by atoms with Crippen LogP contribution in [0.15, 0.2) is 0 Å². The second-order valence-corrected chi connectivity index (χ2v) is 4.18. The quantitative estimate of drug-likeness (QED) is 0.595. The zero-order valence-electron chi connectivity index (χ0n) is 6.62. The maximum atomic E-state index is 10.9. The van der Waals surface area contributed by atoms with Gasteiger partial charge in [0.25, 0.3) is 0 Å². The number of amides is 1. The van der Waals surface area contributed by atoms with E-state index >= 15 is 0 Å². The van der Waals surface area contributed by atoms with E-state index in [0.717, 1.165) is 19.5 Å². The molecule has 0 radical (unpaired) electrons. The lowest BCUT2D eigenvalue weighted by atomic mass is 10.0. The highest BCUT2D eigenvalue weighted by Gasteiger charge is 2.33. The van der Waals surface area contributed by atoms with Crippen molar-refractivity contribution in [3.63, 3.8) is 0 Å². The van der Waals surface area contributed by atoms with Crippen molar-refractivity contribution < 1.29 is 9.53 Å². The van der Waals surface area contributed by atoms with Gasteiger partial charge in [-0.25, -0.2) is 3.93 Å². The number of rotatable bonds is 0. The fraction of sp³-hybridized carbons (Fsp3) is 0.857. The Kier molecular flexibility index (Phi) is 2.34. The van der Waals surface area contributed by atoms with Crippen molar-refractivity contribution in [3.8, 4) is 0 Å². The van der Waals surface area contributed by atoms with Crippen LogP contribution in [0.5, 0.6) is 0 Å². The van der Waals surface area contributed by atoms with Gasteiger partial charge < -0.3 is 10.1 Å². The van der Waals surface area contributed by atoms with Crippen molar-refractivity contribution in [2.75, 3.05) is 19.7 Å². The summed E-state index contributed by atoms with van der Waals surface area (Å²) >= 11 is 3.41. The van der Waals surface area contributed by atoms with Crippen LogP contribution in [0.3, 0.4) is 0 Å². The molecule has 1 N–H and O–H groups in total. The topological polar surface area (TPSA) is 41.6 Å². The number of halogens is 1. The van der Waals surface area contributed by atoms with Gasteiger partial charge in [-0.15, -0.1) is 0 Å². The summed E-state index contributed by atoms with van der Waals surface area (Å²) in [7, 11) is 0. The van der Waals surface area contributed by atoms with E-state index in [1.807, 2.05) is 3.93 Å². The van der Waals surface area contributed by atoms with Crippen LogP contribution in [0.1, 0.15) is 6.42 Å². The molecule has 12 heavy (non-hydrogen) atoms. The Morgan fingerprint density at radius 1 is 1.67 bits per heavy atom. The molecule has 2 fully saturated rings. The number of hydrogen-bond donors (Lipinski definition) is 1. The van der Waals surface area contributed by atoms with Crippen LogP contribution >= 0.6 is 16.1 Å². The van der Waals surface area contributed by atoms with Crippen LogP contribution in [0.2, 0.25) is 0 Å². The highest BCUT2D eigenvalue weighted by molar-refractivity contribution is 9.07. The Bertz CT molecular complexity index is 200. The summed E-state index contributed by atoms with van der Waals surface area (Å²) in [6, 6.07) is 0.222. The molecule has 2 heterocycles. The summed E-state index contributed by atoms with van der Waals surface area (Å²) in [4.78, 5) is 10.9. The number of fused-ring (bicyclic) bond motifs is 1. The van der Waals surface area contributed by atoms with Gasteiger partial charge in [0.2, 0.25) is 5.91 Å². The Hall–Kier alpha value is -0.130. The first-order valence-corrected chi connectivity index (χ1v) is 4.78. The van der Waals surface area contributed by atoms with Crippen LogP contribution in [-0.2, 0) is 9.53 Å². The first-order chi connectivity index (χ1) is 5.75. The van der Waals surface area contributed by atoms with Crippen LogP contribution in [0, 0.1) is 0 Å². The maximum Gasteiger partial charge on any atom is 0.246 e. The van der Waals surface area contributed by atoms with Gasteiger partial charge in [0.05, 0.1) is 12.1 Å². The van der Waals surface area contributed by atoms with Crippen molar-refractivity contribution >= 4 is 22.1 Å². The highest BCUT2D eigenvalue weighted by atomic mass is 79.9. The molecule has 1 amide bonds. The number of ether oxygens (including phenoxy) is 1. The molecule has 2 saturated heterocycles. The van der Waals surface area contributed by atoms with Crippen LogP contribution < -0.4 is 5.32 Å². The van der Waals surface area contributed by atoms with Crippen molar-refractivity contribution in [1.29, 1.82) is 0 Å². The third kappa shape index (κ3) is 1.62. The minimum atomic E-state index is 0.0132. The molecule has 0 aliphatic carbocycles. The fourth-order valence-electron chi connectivity index (χ4n) is 1.64. The maximum absolute atomic E-state index is 10.9. The van der Waals surface area contributed by atoms with Crippen molar-refractivity contribution in [1.82, 2.24) is 9.24 Å². The Morgan fingerprint density at radius 2 is 2.50 bits per heavy atom. The molecule has 2 atom stereocenters. The number of piperidine rings is 1. The standard InChI is InChI=1S/C7H11BrN2O2/c8-10-2-1-5-6(3-10)12-4-7(11)9-5/h5-6H,1-4H2,(H,9,11)/t5-,6-/m0/s1. The molecule has 0 aromatic rings. The highest BCUT2D eigenvalue weighted by Crippen LogP contribution is 2.18. The number of nitrogens with one attached hydrogen (secondary N) is 1. The average Bonchev–Trinajstić information content (AvgIpc) is 2.05. The minimum absolute atomic E-state index is 0.0132. The molecule has 68 valence electrons. The van der Waals surface area contributed by atoms with Gasteiger partial charge in [-0.1, -0.05) is 0 Å². The molecule has 0 aromatic carbocycles. The first-order valence-electron chi connectivity index (χ1n) is 4.07. The minimum Gasteiger partial charge on any atom is -0.365 e. The molecule has 0 saturated carbocycles. The summed E-state index contributed by atoms with van der Waals surface area (Å²) in [5.74, 6) is 0.0132. The summed E-state index contributed by atoms with van der Waals surface area (Å²) in [5, 5.41) is 2.93. The van der Waals surface area contributed by atoms with Crippen LogP contribution in [0.4, 0.5) is 0 Å². The smallest absolute Gasteiger partial charge is 0.246 e. The third-order valence-corrected chi connectivity index (χ3v) is 2.93. The lowest BCUT2D eigenvalue weighted by molar-refractivity contribution is -0.138. The average molecular weight is 235 g/mol. The SMILES string of the molecule is O=C1CO[C@H]2CN(Br)CC[C@@H]2N1. The second kappa shape index (κ2) is 3.32. The van der Waals surface area contributed by atoms with Crippen LogP contribution in [0.25, 0.3) is 0 Å². The molecule has 0 unspecified atom stereocenters. The fourth-order valence-corrected chi connectivity index (χ4v) is 2.13. The lowest BCUT2D eigenvalue weighted by Crippen LogP contribution is -2.58. The molecular weight excluding hydrogens is 224 g/mol. The largest absolute Gasteiger partial charge is 0.365 e. The Morgan fingerprint density at radius 3 is 3.33 bits per heavy atom. The molecular formula is C7H11BrN2O2. The second-order valence-electron chi connectivity index (χ2n) is 3.18. The van der Waals surface area contributed by atoms with Gasteiger partial charge in [0, 0.05) is 29.2 Å². The summed E-state index contributed by atoms with van der Waals surface area (Å²) < 4.78 is 7.43. The van der Waals surface area contributed by atoms with E-state index in [-0.39, 0.29) is 24.7 Å².